The Bertz CT molecular complexity index is 691. The first kappa shape index (κ1) is 15.6. The minimum Gasteiger partial charge on any atom is -0.491 e. The highest BCUT2D eigenvalue weighted by Crippen LogP contribution is 2.57. The maximum atomic E-state index is 12.4. The molecular weight excluding hydrogens is 370 g/mol. The Labute approximate surface area is 141 Å². The van der Waals surface area contributed by atoms with Crippen LogP contribution < -0.4 is 10.2 Å². The van der Waals surface area contributed by atoms with Gasteiger partial charge in [0.2, 0.25) is 5.43 Å². The van der Waals surface area contributed by atoms with E-state index >= 15 is 0 Å². The van der Waals surface area contributed by atoms with Gasteiger partial charge in [0, 0.05) is 25.8 Å². The molecule has 0 saturated carbocycles. The van der Waals surface area contributed by atoms with Gasteiger partial charge in [-0.15, -0.1) is 0 Å². The molecule has 2 saturated heterocycles. The fourth-order valence-corrected chi connectivity index (χ4v) is 4.42. The van der Waals surface area contributed by atoms with Crippen LogP contribution >= 0.6 is 15.9 Å². The first-order valence-electron chi connectivity index (χ1n) is 7.69. The lowest BCUT2D eigenvalue weighted by Crippen LogP contribution is -2.66. The zero-order valence-corrected chi connectivity index (χ0v) is 14.2. The van der Waals surface area contributed by atoms with Crippen LogP contribution in [0.5, 0.6) is 5.75 Å². The summed E-state index contributed by atoms with van der Waals surface area (Å²) in [7, 11) is 1.47. The van der Waals surface area contributed by atoms with E-state index in [9.17, 15) is 9.90 Å². The molecule has 0 amide bonds. The van der Waals surface area contributed by atoms with Crippen LogP contribution in [0.3, 0.4) is 0 Å². The van der Waals surface area contributed by atoms with Gasteiger partial charge in [-0.2, -0.15) is 0 Å². The van der Waals surface area contributed by atoms with Crippen molar-refractivity contribution in [1.29, 1.82) is 0 Å². The van der Waals surface area contributed by atoms with E-state index in [1.165, 1.54) is 7.11 Å². The highest BCUT2D eigenvalue weighted by Gasteiger charge is 2.65. The summed E-state index contributed by atoms with van der Waals surface area (Å²) in [6.45, 7) is 0.605. The van der Waals surface area contributed by atoms with Crippen LogP contribution in [0.25, 0.3) is 0 Å². The molecule has 1 aromatic rings. The first-order valence-corrected chi connectivity index (χ1v) is 8.49. The number of nitrogens with zero attached hydrogens (tertiary/aromatic N) is 1. The number of methoxy groups -OCH3 is 1. The molecule has 0 radical (unpaired) electrons. The minimum atomic E-state index is -0.770. The lowest BCUT2D eigenvalue weighted by atomic mass is 9.74. The van der Waals surface area contributed by atoms with Crippen LogP contribution in [0, 0.1) is 0 Å². The summed E-state index contributed by atoms with van der Waals surface area (Å²) in [5.41, 5.74) is -0.331. The maximum Gasteiger partial charge on any atom is 0.237 e. The molecule has 4 unspecified atom stereocenters. The largest absolute Gasteiger partial charge is 0.491 e. The van der Waals surface area contributed by atoms with Gasteiger partial charge in [0.15, 0.2) is 17.5 Å². The van der Waals surface area contributed by atoms with E-state index in [-0.39, 0.29) is 29.9 Å². The molecule has 4 rings (SSSR count). The molecular formula is C15H18BrNO6. The topological polar surface area (TPSA) is 79.2 Å². The number of hydrogen-bond acceptors (Lipinski definition) is 6. The van der Waals surface area contributed by atoms with Crippen LogP contribution in [-0.4, -0.2) is 41.7 Å². The van der Waals surface area contributed by atoms with Crippen molar-refractivity contribution in [1.82, 2.24) is 4.57 Å². The molecule has 126 valence electrons. The summed E-state index contributed by atoms with van der Waals surface area (Å²) in [6, 6.07) is 0.0104. The lowest BCUT2D eigenvalue weighted by molar-refractivity contribution is -0.542. The zero-order valence-electron chi connectivity index (χ0n) is 12.7. The van der Waals surface area contributed by atoms with Crippen LogP contribution in [0.1, 0.15) is 37.1 Å². The molecule has 0 aliphatic carbocycles. The highest BCUT2D eigenvalue weighted by molar-refractivity contribution is 9.10. The Morgan fingerprint density at radius 3 is 3.04 bits per heavy atom. The Hall–Kier alpha value is -0.930. The molecule has 7 nitrogen and oxygen atoms in total. The predicted molar refractivity (Wildman–Crippen MR) is 82.3 cm³/mol. The molecule has 3 aliphatic heterocycles. The molecule has 4 heterocycles. The van der Waals surface area contributed by atoms with Gasteiger partial charge in [-0.25, -0.2) is 9.78 Å². The third-order valence-electron chi connectivity index (χ3n) is 5.01. The van der Waals surface area contributed by atoms with E-state index < -0.39 is 11.7 Å². The molecule has 1 aromatic heterocycles. The summed E-state index contributed by atoms with van der Waals surface area (Å²) in [5.74, 6) is 0.249. The van der Waals surface area contributed by atoms with Gasteiger partial charge in [-0.05, 0) is 28.8 Å². The number of pyridine rings is 1. The second-order valence-electron chi connectivity index (χ2n) is 6.12. The normalized spacial score (nSPS) is 34.8. The number of fused-ring (bicyclic) bond motifs is 6. The van der Waals surface area contributed by atoms with Crippen LogP contribution in [0.2, 0.25) is 0 Å². The van der Waals surface area contributed by atoms with Gasteiger partial charge < -0.3 is 19.1 Å². The van der Waals surface area contributed by atoms with E-state index in [0.717, 1.165) is 12.8 Å². The maximum absolute atomic E-state index is 12.4. The summed E-state index contributed by atoms with van der Waals surface area (Å²) < 4.78 is 13.8. The van der Waals surface area contributed by atoms with Crippen LogP contribution in [0.4, 0.5) is 0 Å². The monoisotopic (exact) mass is 387 g/mol. The van der Waals surface area contributed by atoms with Crippen molar-refractivity contribution in [3.8, 4) is 5.75 Å². The summed E-state index contributed by atoms with van der Waals surface area (Å²) >= 11 is 3.31. The average molecular weight is 388 g/mol. The van der Waals surface area contributed by atoms with E-state index in [0.29, 0.717) is 23.2 Å². The third kappa shape index (κ3) is 1.99. The Balaban J connectivity index is 1.95. The van der Waals surface area contributed by atoms with Gasteiger partial charge in [-0.3, -0.25) is 4.79 Å². The first-order chi connectivity index (χ1) is 11.1. The van der Waals surface area contributed by atoms with Gasteiger partial charge in [0.05, 0.1) is 17.6 Å². The number of halogens is 1. The Morgan fingerprint density at radius 1 is 1.57 bits per heavy atom. The van der Waals surface area contributed by atoms with E-state index in [1.54, 1.807) is 6.20 Å². The van der Waals surface area contributed by atoms with Gasteiger partial charge in [0.25, 0.3) is 0 Å². The van der Waals surface area contributed by atoms with Crippen molar-refractivity contribution < 1.29 is 24.4 Å². The molecule has 3 aliphatic rings. The van der Waals surface area contributed by atoms with Crippen LogP contribution in [0.15, 0.2) is 15.5 Å². The molecule has 2 fully saturated rings. The van der Waals surface area contributed by atoms with Crippen molar-refractivity contribution in [2.75, 3.05) is 20.3 Å². The molecule has 4 atom stereocenters. The Kier molecular flexibility index (Phi) is 3.77. The fraction of sp³-hybridized carbons (Fsp3) is 0.667. The molecule has 0 bridgehead atoms. The molecule has 23 heavy (non-hydrogen) atoms. The third-order valence-corrected chi connectivity index (χ3v) is 5.58. The molecule has 8 heteroatoms. The van der Waals surface area contributed by atoms with Crippen molar-refractivity contribution in [3.05, 3.63) is 26.6 Å². The van der Waals surface area contributed by atoms with Crippen molar-refractivity contribution in [2.45, 2.75) is 43.1 Å². The summed E-state index contributed by atoms with van der Waals surface area (Å²) in [4.78, 5) is 23.3. The second-order valence-corrected chi connectivity index (χ2v) is 6.98. The van der Waals surface area contributed by atoms with Gasteiger partial charge in [-0.1, -0.05) is 0 Å². The van der Waals surface area contributed by atoms with E-state index in [4.69, 9.17) is 19.2 Å². The van der Waals surface area contributed by atoms with Gasteiger partial charge in [0.1, 0.15) is 11.8 Å². The van der Waals surface area contributed by atoms with Gasteiger partial charge >= 0.3 is 0 Å². The average Bonchev–Trinajstić information content (AvgIpc) is 2.54. The van der Waals surface area contributed by atoms with Crippen molar-refractivity contribution >= 4 is 15.9 Å². The number of aromatic nitrogens is 1. The summed E-state index contributed by atoms with van der Waals surface area (Å²) in [6.07, 6.45) is 3.26. The number of aliphatic hydroxyl groups is 1. The quantitative estimate of drug-likeness (QED) is 0.791. The number of hydrogen-bond donors (Lipinski definition) is 1. The highest BCUT2D eigenvalue weighted by atomic mass is 79.9. The zero-order chi connectivity index (χ0) is 16.2. The minimum absolute atomic E-state index is 0.0104. The Morgan fingerprint density at radius 2 is 2.39 bits per heavy atom. The summed E-state index contributed by atoms with van der Waals surface area (Å²) in [5, 5.41) is 9.50. The molecule has 0 aromatic carbocycles. The second kappa shape index (κ2) is 5.56. The van der Waals surface area contributed by atoms with Crippen molar-refractivity contribution in [3.63, 3.8) is 0 Å². The number of ether oxygens (including phenoxy) is 2. The number of aliphatic hydroxyl groups excluding tert-OH is 1. The molecule has 0 spiro atoms. The van der Waals surface area contributed by atoms with E-state index in [1.807, 2.05) is 4.57 Å². The smallest absolute Gasteiger partial charge is 0.237 e. The predicted octanol–water partition coefficient (Wildman–Crippen LogP) is 1.48. The standard InChI is InChI=1S/C15H18BrNO6/c1-20-12-10-14-15(4-5-18,23-22-14)13-9(3-2-6-21-13)17(10)7-8(16)11(12)19/h7,9,13-14,18H,2-6H2,1H3. The van der Waals surface area contributed by atoms with Crippen LogP contribution in [-0.2, 0) is 14.5 Å². The lowest BCUT2D eigenvalue weighted by Gasteiger charge is -2.58. The molecule has 1 N–H and O–H groups in total. The van der Waals surface area contributed by atoms with E-state index in [2.05, 4.69) is 15.9 Å². The fourth-order valence-electron chi connectivity index (χ4n) is 4.02. The number of rotatable bonds is 3. The van der Waals surface area contributed by atoms with Crippen molar-refractivity contribution in [2.24, 2.45) is 0 Å². The SMILES string of the molecule is COc1c2n(cc(Br)c1=O)C1CCCOC1C1(CCO)OOC21.